The van der Waals surface area contributed by atoms with Crippen LogP contribution in [-0.2, 0) is 6.54 Å². The van der Waals surface area contributed by atoms with Gasteiger partial charge in [-0.3, -0.25) is 0 Å². The van der Waals surface area contributed by atoms with Crippen LogP contribution in [-0.4, -0.2) is 23.0 Å². The summed E-state index contributed by atoms with van der Waals surface area (Å²) in [5, 5.41) is 12.4. The summed E-state index contributed by atoms with van der Waals surface area (Å²) in [5.74, 6) is 0.496. The van der Waals surface area contributed by atoms with Crippen LogP contribution in [0.4, 0.5) is 0 Å². The largest absolute Gasteiger partial charge is 0.384 e. The van der Waals surface area contributed by atoms with Crippen molar-refractivity contribution in [3.8, 4) is 6.07 Å². The standard InChI is InChI=1S/C15H18N4S/c16-10-13(14(17)19-8-4-5-9-19)15(20)18-11-12-6-2-1-3-7-12/h1-3,6-7H,4-5,8-9,11,17H2,(H,18,20)/b14-13-. The third-order valence-corrected chi connectivity index (χ3v) is 3.69. The minimum atomic E-state index is 0.373. The van der Waals surface area contributed by atoms with E-state index in [4.69, 9.17) is 18.0 Å². The van der Waals surface area contributed by atoms with Gasteiger partial charge >= 0.3 is 0 Å². The molecule has 1 aromatic rings. The zero-order valence-corrected chi connectivity index (χ0v) is 12.1. The van der Waals surface area contributed by atoms with E-state index < -0.39 is 0 Å². The van der Waals surface area contributed by atoms with Gasteiger partial charge in [0.05, 0.1) is 0 Å². The van der Waals surface area contributed by atoms with Crippen LogP contribution in [0.15, 0.2) is 41.7 Å². The van der Waals surface area contributed by atoms with Crippen molar-refractivity contribution >= 4 is 17.2 Å². The molecular weight excluding hydrogens is 268 g/mol. The van der Waals surface area contributed by atoms with Gasteiger partial charge in [0.1, 0.15) is 22.5 Å². The van der Waals surface area contributed by atoms with Gasteiger partial charge in [-0.25, -0.2) is 0 Å². The predicted octanol–water partition coefficient (Wildman–Crippen LogP) is 1.89. The third kappa shape index (κ3) is 3.49. The zero-order chi connectivity index (χ0) is 14.4. The monoisotopic (exact) mass is 286 g/mol. The lowest BCUT2D eigenvalue weighted by molar-refractivity contribution is 0.420. The van der Waals surface area contributed by atoms with Gasteiger partial charge in [-0.1, -0.05) is 42.5 Å². The van der Waals surface area contributed by atoms with Crippen LogP contribution < -0.4 is 11.1 Å². The second-order valence-electron chi connectivity index (χ2n) is 4.73. The van der Waals surface area contributed by atoms with Gasteiger partial charge in [0.25, 0.3) is 0 Å². The number of benzene rings is 1. The second-order valence-corrected chi connectivity index (χ2v) is 5.14. The molecule has 0 saturated carbocycles. The van der Waals surface area contributed by atoms with Crippen LogP contribution in [0.25, 0.3) is 0 Å². The minimum absolute atomic E-state index is 0.373. The first kappa shape index (κ1) is 14.4. The van der Waals surface area contributed by atoms with Crippen LogP contribution >= 0.6 is 12.2 Å². The van der Waals surface area contributed by atoms with E-state index in [9.17, 15) is 5.26 Å². The molecule has 1 aliphatic rings. The van der Waals surface area contributed by atoms with E-state index >= 15 is 0 Å². The fourth-order valence-corrected chi connectivity index (χ4v) is 2.43. The lowest BCUT2D eigenvalue weighted by atomic mass is 10.2. The fourth-order valence-electron chi connectivity index (χ4n) is 2.21. The molecule has 20 heavy (non-hydrogen) atoms. The van der Waals surface area contributed by atoms with Gasteiger partial charge in [-0.15, -0.1) is 0 Å². The molecule has 5 heteroatoms. The van der Waals surface area contributed by atoms with Crippen molar-refractivity contribution in [2.45, 2.75) is 19.4 Å². The van der Waals surface area contributed by atoms with Crippen molar-refractivity contribution in [1.29, 1.82) is 5.26 Å². The van der Waals surface area contributed by atoms with E-state index in [0.29, 0.717) is 22.9 Å². The molecule has 0 aliphatic carbocycles. The number of rotatable bonds is 4. The Morgan fingerprint density at radius 2 is 1.95 bits per heavy atom. The average Bonchev–Trinajstić information content (AvgIpc) is 3.01. The van der Waals surface area contributed by atoms with Crippen LogP contribution in [0.1, 0.15) is 18.4 Å². The van der Waals surface area contributed by atoms with Crippen LogP contribution in [0, 0.1) is 11.3 Å². The van der Waals surface area contributed by atoms with Crippen molar-refractivity contribution in [3.05, 3.63) is 47.3 Å². The van der Waals surface area contributed by atoms with E-state index in [1.54, 1.807) is 0 Å². The minimum Gasteiger partial charge on any atom is -0.384 e. The Morgan fingerprint density at radius 1 is 1.30 bits per heavy atom. The summed E-state index contributed by atoms with van der Waals surface area (Å²) in [6.07, 6.45) is 2.23. The topological polar surface area (TPSA) is 65.1 Å². The average molecular weight is 286 g/mol. The summed E-state index contributed by atoms with van der Waals surface area (Å²) in [6.45, 7) is 2.40. The van der Waals surface area contributed by atoms with E-state index in [1.807, 2.05) is 35.2 Å². The number of nitrogens with two attached hydrogens (primary N) is 1. The Balaban J connectivity index is 2.02. The Morgan fingerprint density at radius 3 is 2.55 bits per heavy atom. The highest BCUT2D eigenvalue weighted by molar-refractivity contribution is 7.80. The number of hydrogen-bond acceptors (Lipinski definition) is 4. The van der Waals surface area contributed by atoms with E-state index in [2.05, 4.69) is 11.4 Å². The molecule has 0 radical (unpaired) electrons. The summed E-state index contributed by atoms with van der Waals surface area (Å²) in [5.41, 5.74) is 7.55. The molecule has 2 rings (SSSR count). The summed E-state index contributed by atoms with van der Waals surface area (Å²) in [6, 6.07) is 12.1. The smallest absolute Gasteiger partial charge is 0.126 e. The molecule has 1 heterocycles. The molecule has 0 aromatic heterocycles. The van der Waals surface area contributed by atoms with Gasteiger partial charge in [0.15, 0.2) is 0 Å². The number of nitrogens with zero attached hydrogens (tertiary/aromatic N) is 2. The molecule has 104 valence electrons. The Kier molecular flexibility index (Phi) is 4.97. The van der Waals surface area contributed by atoms with Gasteiger partial charge in [0.2, 0.25) is 0 Å². The van der Waals surface area contributed by atoms with Crippen molar-refractivity contribution in [3.63, 3.8) is 0 Å². The highest BCUT2D eigenvalue weighted by Gasteiger charge is 2.18. The molecule has 1 fully saturated rings. The van der Waals surface area contributed by atoms with Gasteiger partial charge < -0.3 is 16.0 Å². The molecule has 0 amide bonds. The summed E-state index contributed by atoms with van der Waals surface area (Å²) in [4.78, 5) is 2.44. The van der Waals surface area contributed by atoms with Crippen molar-refractivity contribution in [2.24, 2.45) is 5.73 Å². The fraction of sp³-hybridized carbons (Fsp3) is 0.333. The van der Waals surface area contributed by atoms with Crippen molar-refractivity contribution < 1.29 is 0 Å². The summed E-state index contributed by atoms with van der Waals surface area (Å²) in [7, 11) is 0. The summed E-state index contributed by atoms with van der Waals surface area (Å²) < 4.78 is 0. The molecular formula is C15H18N4S. The number of nitrogens with one attached hydrogen (secondary N) is 1. The Bertz CT molecular complexity index is 539. The highest BCUT2D eigenvalue weighted by atomic mass is 32.1. The van der Waals surface area contributed by atoms with Crippen LogP contribution in [0.5, 0.6) is 0 Å². The molecule has 4 nitrogen and oxygen atoms in total. The highest BCUT2D eigenvalue weighted by Crippen LogP contribution is 2.14. The lowest BCUT2D eigenvalue weighted by Crippen LogP contribution is -2.31. The quantitative estimate of drug-likeness (QED) is 0.503. The molecule has 1 aliphatic heterocycles. The van der Waals surface area contributed by atoms with E-state index in [-0.39, 0.29) is 0 Å². The van der Waals surface area contributed by atoms with Crippen LogP contribution in [0.3, 0.4) is 0 Å². The zero-order valence-electron chi connectivity index (χ0n) is 11.3. The number of nitriles is 1. The number of hydrogen-bond donors (Lipinski definition) is 2. The second kappa shape index (κ2) is 6.92. The molecule has 1 saturated heterocycles. The number of likely N-dealkylation sites (tertiary alicyclic amines) is 1. The van der Waals surface area contributed by atoms with Gasteiger partial charge in [-0.05, 0) is 18.4 Å². The normalized spacial score (nSPS) is 15.4. The first-order valence-corrected chi connectivity index (χ1v) is 7.10. The Labute approximate surface area is 124 Å². The first-order valence-electron chi connectivity index (χ1n) is 6.69. The van der Waals surface area contributed by atoms with Gasteiger partial charge in [-0.2, -0.15) is 5.26 Å². The van der Waals surface area contributed by atoms with Gasteiger partial charge in [0, 0.05) is 19.6 Å². The molecule has 1 aromatic carbocycles. The number of thiocarbonyl (C=S) groups is 1. The summed E-state index contributed by atoms with van der Waals surface area (Å²) >= 11 is 5.29. The molecule has 0 atom stereocenters. The molecule has 0 spiro atoms. The van der Waals surface area contributed by atoms with Crippen LogP contribution in [0.2, 0.25) is 0 Å². The molecule has 3 N–H and O–H groups in total. The third-order valence-electron chi connectivity index (χ3n) is 3.34. The molecule has 0 unspecified atom stereocenters. The van der Waals surface area contributed by atoms with E-state index in [0.717, 1.165) is 31.5 Å². The lowest BCUT2D eigenvalue weighted by Gasteiger charge is -2.19. The Hall–Kier alpha value is -2.06. The predicted molar refractivity (Wildman–Crippen MR) is 83.5 cm³/mol. The maximum absolute atomic E-state index is 9.28. The maximum Gasteiger partial charge on any atom is 0.126 e. The van der Waals surface area contributed by atoms with E-state index in [1.165, 1.54) is 0 Å². The first-order chi connectivity index (χ1) is 9.72. The molecule has 0 bridgehead atoms. The maximum atomic E-state index is 9.28. The van der Waals surface area contributed by atoms with Crippen molar-refractivity contribution in [1.82, 2.24) is 10.2 Å². The SMILES string of the molecule is N#C/C(C(=S)NCc1ccccc1)=C(\N)N1CCCC1. The van der Waals surface area contributed by atoms with Crippen molar-refractivity contribution in [2.75, 3.05) is 13.1 Å².